The molecule has 4 aromatic rings. The summed E-state index contributed by atoms with van der Waals surface area (Å²) >= 11 is 1.36. The van der Waals surface area contributed by atoms with E-state index in [0.29, 0.717) is 23.8 Å². The zero-order chi connectivity index (χ0) is 20.1. The molecule has 146 valence electrons. The molecule has 5 nitrogen and oxygen atoms in total. The molecule has 0 aliphatic carbocycles. The third kappa shape index (κ3) is 5.08. The molecule has 0 aliphatic heterocycles. The third-order valence-corrected chi connectivity index (χ3v) is 5.16. The second kappa shape index (κ2) is 8.70. The summed E-state index contributed by atoms with van der Waals surface area (Å²) in [5.41, 5.74) is 2.67. The van der Waals surface area contributed by atoms with Crippen LogP contribution in [0.4, 0.5) is 10.1 Å². The fourth-order valence-corrected chi connectivity index (χ4v) is 3.58. The Kier molecular flexibility index (Phi) is 5.67. The number of benzene rings is 2. The highest BCUT2D eigenvalue weighted by Crippen LogP contribution is 2.20. The molecule has 0 saturated heterocycles. The fraction of sp³-hybridized carbons (Fsp3) is 0.0909. The van der Waals surface area contributed by atoms with Gasteiger partial charge in [0, 0.05) is 23.6 Å². The molecule has 0 aliphatic rings. The number of nitrogens with zero attached hydrogens (tertiary/aromatic N) is 2. The average Bonchev–Trinajstić information content (AvgIpc) is 3.40. The number of carbonyl (C=O) groups excluding carboxylic acids is 1. The monoisotopic (exact) mass is 407 g/mol. The Morgan fingerprint density at radius 2 is 1.97 bits per heavy atom. The number of thiophene rings is 1. The summed E-state index contributed by atoms with van der Waals surface area (Å²) in [5.74, 6) is 0.109. The second-order valence-corrected chi connectivity index (χ2v) is 7.33. The maximum absolute atomic E-state index is 12.9. The van der Waals surface area contributed by atoms with Crippen LogP contribution in [-0.2, 0) is 13.2 Å². The van der Waals surface area contributed by atoms with Gasteiger partial charge in [0.05, 0.1) is 11.4 Å². The summed E-state index contributed by atoms with van der Waals surface area (Å²) in [6.45, 7) is 0.954. The maximum atomic E-state index is 12.9. The van der Waals surface area contributed by atoms with E-state index in [9.17, 15) is 9.18 Å². The number of hydrogen-bond acceptors (Lipinski definition) is 4. The molecule has 0 fully saturated rings. The van der Waals surface area contributed by atoms with Crippen molar-refractivity contribution >= 4 is 22.9 Å². The third-order valence-electron chi connectivity index (χ3n) is 4.19. The lowest BCUT2D eigenvalue weighted by Crippen LogP contribution is -2.10. The van der Waals surface area contributed by atoms with Crippen molar-refractivity contribution in [3.63, 3.8) is 0 Å². The smallest absolute Gasteiger partial charge is 0.265 e. The van der Waals surface area contributed by atoms with Crippen LogP contribution in [0.1, 0.15) is 20.8 Å². The molecule has 1 N–H and O–H groups in total. The zero-order valence-corrected chi connectivity index (χ0v) is 16.2. The number of rotatable bonds is 7. The number of nitrogens with one attached hydrogen (secondary N) is 1. The van der Waals surface area contributed by atoms with Crippen molar-refractivity contribution in [2.24, 2.45) is 0 Å². The molecule has 0 unspecified atom stereocenters. The number of amides is 1. The summed E-state index contributed by atoms with van der Waals surface area (Å²) in [6.07, 6.45) is 3.63. The quantitative estimate of drug-likeness (QED) is 0.471. The molecular weight excluding hydrogens is 389 g/mol. The standard InChI is InChI=1S/C22H18FN3O2S/c23-18-5-7-20(8-6-18)28-14-17-12-21(29-15-17)22(27)25-19-4-1-3-16(11-19)13-26-10-2-9-24-26/h1-12,15H,13-14H2,(H,25,27). The molecule has 2 aromatic heterocycles. The highest BCUT2D eigenvalue weighted by molar-refractivity contribution is 7.12. The highest BCUT2D eigenvalue weighted by atomic mass is 32.1. The normalized spacial score (nSPS) is 10.7. The van der Waals surface area contributed by atoms with Crippen LogP contribution in [0.2, 0.25) is 0 Å². The van der Waals surface area contributed by atoms with Gasteiger partial charge < -0.3 is 10.1 Å². The molecule has 4 rings (SSSR count). The Bertz CT molecular complexity index is 1090. The highest BCUT2D eigenvalue weighted by Gasteiger charge is 2.10. The SMILES string of the molecule is O=C(Nc1cccc(Cn2cccn2)c1)c1cc(COc2ccc(F)cc2)cs1. The summed E-state index contributed by atoms with van der Waals surface area (Å²) in [5, 5.41) is 9.01. The summed E-state index contributed by atoms with van der Waals surface area (Å²) < 4.78 is 20.4. The topological polar surface area (TPSA) is 56.2 Å². The van der Waals surface area contributed by atoms with Gasteiger partial charge in [-0.15, -0.1) is 11.3 Å². The van der Waals surface area contributed by atoms with Crippen LogP contribution in [0.15, 0.2) is 78.4 Å². The largest absolute Gasteiger partial charge is 0.489 e. The first-order chi connectivity index (χ1) is 14.2. The minimum atomic E-state index is -0.305. The van der Waals surface area contributed by atoms with E-state index in [1.54, 1.807) is 24.4 Å². The van der Waals surface area contributed by atoms with E-state index < -0.39 is 0 Å². The van der Waals surface area contributed by atoms with Crippen molar-refractivity contribution in [1.82, 2.24) is 9.78 Å². The Balaban J connectivity index is 1.36. The van der Waals surface area contributed by atoms with Gasteiger partial charge in [-0.25, -0.2) is 4.39 Å². The van der Waals surface area contributed by atoms with E-state index in [-0.39, 0.29) is 11.7 Å². The van der Waals surface area contributed by atoms with E-state index >= 15 is 0 Å². The zero-order valence-electron chi connectivity index (χ0n) is 15.4. The van der Waals surface area contributed by atoms with Crippen LogP contribution in [0.5, 0.6) is 5.75 Å². The van der Waals surface area contributed by atoms with Crippen LogP contribution >= 0.6 is 11.3 Å². The lowest BCUT2D eigenvalue weighted by molar-refractivity contribution is 0.103. The van der Waals surface area contributed by atoms with E-state index in [1.165, 1.54) is 23.5 Å². The van der Waals surface area contributed by atoms with Gasteiger partial charge >= 0.3 is 0 Å². The van der Waals surface area contributed by atoms with Crippen molar-refractivity contribution in [2.75, 3.05) is 5.32 Å². The molecule has 0 atom stereocenters. The van der Waals surface area contributed by atoms with Crippen LogP contribution in [-0.4, -0.2) is 15.7 Å². The Labute approximate surface area is 171 Å². The first-order valence-corrected chi connectivity index (χ1v) is 9.87. The van der Waals surface area contributed by atoms with Gasteiger partial charge in [-0.05, 0) is 59.5 Å². The molecule has 0 bridgehead atoms. The predicted octanol–water partition coefficient (Wildman–Crippen LogP) is 4.96. The number of anilines is 1. The van der Waals surface area contributed by atoms with Crippen molar-refractivity contribution in [3.05, 3.63) is 100 Å². The second-order valence-electron chi connectivity index (χ2n) is 6.42. The van der Waals surface area contributed by atoms with Crippen LogP contribution in [0.25, 0.3) is 0 Å². The first-order valence-electron chi connectivity index (χ1n) is 8.99. The Morgan fingerprint density at radius 3 is 2.76 bits per heavy atom. The van der Waals surface area contributed by atoms with E-state index in [4.69, 9.17) is 4.74 Å². The minimum absolute atomic E-state index is 0.167. The lowest BCUT2D eigenvalue weighted by Gasteiger charge is -2.07. The average molecular weight is 407 g/mol. The van der Waals surface area contributed by atoms with Crippen molar-refractivity contribution in [3.8, 4) is 5.75 Å². The number of halogens is 1. The number of hydrogen-bond donors (Lipinski definition) is 1. The number of aromatic nitrogens is 2. The maximum Gasteiger partial charge on any atom is 0.265 e. The molecule has 0 saturated carbocycles. The molecule has 0 spiro atoms. The first kappa shape index (κ1) is 18.9. The summed E-state index contributed by atoms with van der Waals surface area (Å²) in [6, 6.07) is 17.2. The molecular formula is C22H18FN3O2S. The predicted molar refractivity (Wildman–Crippen MR) is 111 cm³/mol. The van der Waals surface area contributed by atoms with Gasteiger partial charge in [0.2, 0.25) is 0 Å². The lowest BCUT2D eigenvalue weighted by atomic mass is 10.2. The minimum Gasteiger partial charge on any atom is -0.489 e. The fourth-order valence-electron chi connectivity index (χ4n) is 2.79. The van der Waals surface area contributed by atoms with Gasteiger partial charge in [0.25, 0.3) is 5.91 Å². The Hall–Kier alpha value is -3.45. The van der Waals surface area contributed by atoms with Gasteiger partial charge in [-0.2, -0.15) is 5.10 Å². The molecule has 2 heterocycles. The van der Waals surface area contributed by atoms with E-state index in [2.05, 4.69) is 10.4 Å². The van der Waals surface area contributed by atoms with Gasteiger partial charge in [0.1, 0.15) is 18.2 Å². The molecule has 29 heavy (non-hydrogen) atoms. The number of ether oxygens (including phenoxy) is 1. The van der Waals surface area contributed by atoms with E-state index in [1.807, 2.05) is 46.6 Å². The molecule has 1 amide bonds. The van der Waals surface area contributed by atoms with Crippen molar-refractivity contribution < 1.29 is 13.9 Å². The van der Waals surface area contributed by atoms with Gasteiger partial charge in [-0.1, -0.05) is 12.1 Å². The van der Waals surface area contributed by atoms with Crippen LogP contribution < -0.4 is 10.1 Å². The van der Waals surface area contributed by atoms with Gasteiger partial charge in [0.15, 0.2) is 0 Å². The molecule has 2 aromatic carbocycles. The summed E-state index contributed by atoms with van der Waals surface area (Å²) in [7, 11) is 0. The number of carbonyl (C=O) groups is 1. The van der Waals surface area contributed by atoms with Crippen molar-refractivity contribution in [1.29, 1.82) is 0 Å². The van der Waals surface area contributed by atoms with Crippen LogP contribution in [0.3, 0.4) is 0 Å². The molecule has 0 radical (unpaired) electrons. The summed E-state index contributed by atoms with van der Waals surface area (Å²) in [4.78, 5) is 13.2. The van der Waals surface area contributed by atoms with Gasteiger partial charge in [-0.3, -0.25) is 9.48 Å². The van der Waals surface area contributed by atoms with Crippen molar-refractivity contribution in [2.45, 2.75) is 13.2 Å². The Morgan fingerprint density at radius 1 is 1.10 bits per heavy atom. The van der Waals surface area contributed by atoms with Crippen LogP contribution in [0, 0.1) is 5.82 Å². The van der Waals surface area contributed by atoms with E-state index in [0.717, 1.165) is 16.8 Å². The molecule has 7 heteroatoms.